The molecule has 150 valence electrons. The molecule has 0 saturated heterocycles. The summed E-state index contributed by atoms with van der Waals surface area (Å²) in [6.45, 7) is 6.57. The van der Waals surface area contributed by atoms with Gasteiger partial charge in [-0.15, -0.1) is 0 Å². The van der Waals surface area contributed by atoms with Gasteiger partial charge in [0.2, 0.25) is 0 Å². The van der Waals surface area contributed by atoms with Gasteiger partial charge < -0.3 is 9.84 Å². The lowest BCUT2D eigenvalue weighted by Gasteiger charge is -2.26. The molecule has 1 rings (SSSR count). The molecular weight excluding hydrogens is 328 g/mol. The minimum absolute atomic E-state index is 0.0798. The van der Waals surface area contributed by atoms with E-state index in [0.29, 0.717) is 12.8 Å². The van der Waals surface area contributed by atoms with E-state index in [1.54, 1.807) is 0 Å². The Morgan fingerprint density at radius 3 is 2.04 bits per heavy atom. The Labute approximate surface area is 159 Å². The third kappa shape index (κ3) is 8.86. The number of aliphatic carboxylic acids is 1. The van der Waals surface area contributed by atoms with E-state index >= 15 is 0 Å². The summed E-state index contributed by atoms with van der Waals surface area (Å²) >= 11 is 0. The van der Waals surface area contributed by atoms with Crippen molar-refractivity contribution < 1.29 is 19.4 Å². The first-order valence-corrected chi connectivity index (χ1v) is 10.5. The molecule has 0 heterocycles. The molecule has 1 N–H and O–H groups in total. The van der Waals surface area contributed by atoms with E-state index in [2.05, 4.69) is 13.8 Å². The minimum atomic E-state index is -0.901. The highest BCUT2D eigenvalue weighted by Crippen LogP contribution is 2.28. The summed E-state index contributed by atoms with van der Waals surface area (Å²) in [5.41, 5.74) is 0. The molecule has 4 heteroatoms. The number of carbonyl (C=O) groups is 2. The minimum Gasteiger partial charge on any atom is -0.481 e. The van der Waals surface area contributed by atoms with Crippen molar-refractivity contribution in [1.29, 1.82) is 0 Å². The zero-order valence-corrected chi connectivity index (χ0v) is 16.9. The summed E-state index contributed by atoms with van der Waals surface area (Å²) in [7, 11) is 0. The Hall–Kier alpha value is -1.32. The fourth-order valence-electron chi connectivity index (χ4n) is 3.58. The van der Waals surface area contributed by atoms with Crippen molar-refractivity contribution >= 4 is 11.9 Å². The topological polar surface area (TPSA) is 63.6 Å². The van der Waals surface area contributed by atoms with E-state index < -0.39 is 17.8 Å². The summed E-state index contributed by atoms with van der Waals surface area (Å²) in [6, 6.07) is 0. The van der Waals surface area contributed by atoms with E-state index in [1.165, 1.54) is 38.5 Å². The van der Waals surface area contributed by atoms with Crippen molar-refractivity contribution in [2.24, 2.45) is 17.8 Å². The van der Waals surface area contributed by atoms with Crippen LogP contribution in [0.15, 0.2) is 12.2 Å². The Morgan fingerprint density at radius 2 is 1.50 bits per heavy atom. The average Bonchev–Trinajstić information content (AvgIpc) is 2.62. The van der Waals surface area contributed by atoms with Crippen molar-refractivity contribution in [1.82, 2.24) is 0 Å². The van der Waals surface area contributed by atoms with Gasteiger partial charge in [0.05, 0.1) is 11.8 Å². The van der Waals surface area contributed by atoms with Gasteiger partial charge in [0, 0.05) is 0 Å². The van der Waals surface area contributed by atoms with Gasteiger partial charge in [0.1, 0.15) is 6.10 Å². The average molecular weight is 367 g/mol. The number of carboxylic acid groups (broad SMARTS) is 1. The number of unbranched alkanes of at least 4 members (excludes halogenated alkanes) is 5. The Kier molecular flexibility index (Phi) is 11.3. The number of hydrogen-bond acceptors (Lipinski definition) is 3. The van der Waals surface area contributed by atoms with Gasteiger partial charge in [0.15, 0.2) is 0 Å². The fraction of sp³-hybridized carbons (Fsp3) is 0.818. The van der Waals surface area contributed by atoms with Crippen LogP contribution in [0.3, 0.4) is 0 Å². The van der Waals surface area contributed by atoms with E-state index in [-0.39, 0.29) is 12.1 Å². The lowest BCUT2D eigenvalue weighted by atomic mass is 9.83. The van der Waals surface area contributed by atoms with Crippen molar-refractivity contribution in [3.05, 3.63) is 12.2 Å². The Bertz CT molecular complexity index is 441. The van der Waals surface area contributed by atoms with E-state index in [4.69, 9.17) is 4.74 Å². The predicted octanol–water partition coefficient (Wildman–Crippen LogP) is 5.75. The zero-order valence-electron chi connectivity index (χ0n) is 16.9. The first-order valence-electron chi connectivity index (χ1n) is 10.5. The maximum Gasteiger partial charge on any atom is 0.310 e. The molecule has 1 aliphatic carbocycles. The largest absolute Gasteiger partial charge is 0.481 e. The van der Waals surface area contributed by atoms with Crippen LogP contribution in [-0.4, -0.2) is 23.1 Å². The summed E-state index contributed by atoms with van der Waals surface area (Å²) in [4.78, 5) is 23.8. The molecule has 0 aromatic carbocycles. The van der Waals surface area contributed by atoms with Gasteiger partial charge in [-0.2, -0.15) is 0 Å². The van der Waals surface area contributed by atoms with Crippen LogP contribution < -0.4 is 0 Å². The van der Waals surface area contributed by atoms with Gasteiger partial charge in [-0.25, -0.2) is 0 Å². The van der Waals surface area contributed by atoms with Gasteiger partial charge in [0.25, 0.3) is 0 Å². The van der Waals surface area contributed by atoms with E-state index in [1.807, 2.05) is 19.1 Å². The van der Waals surface area contributed by atoms with E-state index in [9.17, 15) is 14.7 Å². The number of hydrogen-bond donors (Lipinski definition) is 1. The molecule has 0 aromatic heterocycles. The van der Waals surface area contributed by atoms with Crippen molar-refractivity contribution in [3.8, 4) is 0 Å². The quantitative estimate of drug-likeness (QED) is 0.256. The number of ether oxygens (including phenoxy) is 1. The maximum absolute atomic E-state index is 12.4. The molecule has 0 fully saturated rings. The summed E-state index contributed by atoms with van der Waals surface area (Å²) in [5.74, 6) is -1.61. The van der Waals surface area contributed by atoms with Crippen LogP contribution in [0.25, 0.3) is 0 Å². The third-order valence-electron chi connectivity index (χ3n) is 5.35. The first kappa shape index (κ1) is 22.7. The van der Waals surface area contributed by atoms with Gasteiger partial charge in [-0.05, 0) is 38.0 Å². The normalized spacial score (nSPS) is 20.9. The first-order chi connectivity index (χ1) is 12.5. The molecule has 0 aromatic rings. The van der Waals surface area contributed by atoms with Crippen LogP contribution in [0.4, 0.5) is 0 Å². The lowest BCUT2D eigenvalue weighted by Crippen LogP contribution is -2.34. The molecule has 3 unspecified atom stereocenters. The molecule has 0 radical (unpaired) electrons. The molecule has 0 spiro atoms. The number of rotatable bonds is 13. The lowest BCUT2D eigenvalue weighted by molar-refractivity contribution is -0.162. The van der Waals surface area contributed by atoms with Crippen LogP contribution in [-0.2, 0) is 14.3 Å². The Morgan fingerprint density at radius 1 is 0.962 bits per heavy atom. The number of carboxylic acids is 1. The SMILES string of the molecule is CCC(CCCCCCCCC(C)C)OC(=O)C1CC=CCC1C(=O)O. The number of carbonyl (C=O) groups excluding carboxylic acids is 1. The highest BCUT2D eigenvalue weighted by molar-refractivity contribution is 5.81. The highest BCUT2D eigenvalue weighted by atomic mass is 16.5. The van der Waals surface area contributed by atoms with Crippen LogP contribution >= 0.6 is 0 Å². The second-order valence-electron chi connectivity index (χ2n) is 8.05. The van der Waals surface area contributed by atoms with Gasteiger partial charge in [-0.1, -0.05) is 71.4 Å². The molecular formula is C22H38O4. The number of esters is 1. The molecule has 3 atom stereocenters. The van der Waals surface area contributed by atoms with Gasteiger partial charge in [-0.3, -0.25) is 9.59 Å². The summed E-state index contributed by atoms with van der Waals surface area (Å²) in [6.07, 6.45) is 15.0. The van der Waals surface area contributed by atoms with Crippen LogP contribution in [0.5, 0.6) is 0 Å². The van der Waals surface area contributed by atoms with Gasteiger partial charge >= 0.3 is 11.9 Å². The molecule has 0 amide bonds. The van der Waals surface area contributed by atoms with Crippen LogP contribution in [0, 0.1) is 17.8 Å². The molecule has 1 aliphatic rings. The zero-order chi connectivity index (χ0) is 19.4. The van der Waals surface area contributed by atoms with Crippen LogP contribution in [0.1, 0.15) is 91.4 Å². The molecule has 0 bridgehead atoms. The fourth-order valence-corrected chi connectivity index (χ4v) is 3.58. The Balaban J connectivity index is 2.24. The smallest absolute Gasteiger partial charge is 0.310 e. The number of allylic oxidation sites excluding steroid dienone is 2. The second kappa shape index (κ2) is 12.9. The molecule has 26 heavy (non-hydrogen) atoms. The molecule has 0 aliphatic heterocycles. The highest BCUT2D eigenvalue weighted by Gasteiger charge is 2.35. The van der Waals surface area contributed by atoms with E-state index in [0.717, 1.165) is 25.2 Å². The third-order valence-corrected chi connectivity index (χ3v) is 5.35. The second-order valence-corrected chi connectivity index (χ2v) is 8.05. The standard InChI is InChI=1S/C22H38O4/c1-4-18(14-10-8-6-5-7-9-13-17(2)3)26-22(25)20-16-12-11-15-19(20)21(23)24/h11-12,17-20H,4-10,13-16H2,1-3H3,(H,23,24). The van der Waals surface area contributed by atoms with Crippen LogP contribution in [0.2, 0.25) is 0 Å². The van der Waals surface area contributed by atoms with Crippen molar-refractivity contribution in [3.63, 3.8) is 0 Å². The monoisotopic (exact) mass is 366 g/mol. The molecule has 4 nitrogen and oxygen atoms in total. The summed E-state index contributed by atoms with van der Waals surface area (Å²) < 4.78 is 5.65. The van der Waals surface area contributed by atoms with Crippen molar-refractivity contribution in [2.75, 3.05) is 0 Å². The maximum atomic E-state index is 12.4. The summed E-state index contributed by atoms with van der Waals surface area (Å²) in [5, 5.41) is 9.30. The molecule has 0 saturated carbocycles. The van der Waals surface area contributed by atoms with Crippen molar-refractivity contribution in [2.45, 2.75) is 97.5 Å². The predicted molar refractivity (Wildman–Crippen MR) is 105 cm³/mol.